The van der Waals surface area contributed by atoms with E-state index in [2.05, 4.69) is 9.88 Å². The summed E-state index contributed by atoms with van der Waals surface area (Å²) in [5, 5.41) is 0.329. The number of rotatable bonds is 6. The first-order chi connectivity index (χ1) is 14.5. The molecule has 4 rings (SSSR count). The number of morpholine rings is 1. The molecule has 3 aromatic rings. The van der Waals surface area contributed by atoms with Crippen LogP contribution in [-0.4, -0.2) is 62.3 Å². The number of nitrogens with zero attached hydrogens (tertiary/aromatic N) is 3. The Labute approximate surface area is 176 Å². The van der Waals surface area contributed by atoms with Crippen LogP contribution in [-0.2, 0) is 4.74 Å². The lowest BCUT2D eigenvalue weighted by molar-refractivity contribution is 0.0391. The van der Waals surface area contributed by atoms with Gasteiger partial charge in [-0.25, -0.2) is 13.8 Å². The molecule has 1 saturated heterocycles. The van der Waals surface area contributed by atoms with Crippen LogP contribution in [0.15, 0.2) is 36.4 Å². The number of anilines is 1. The van der Waals surface area contributed by atoms with E-state index >= 15 is 0 Å². The SMILES string of the molecule is COc1cccc(C(=O)N(CCN2CCOCC2)c2nc3c(F)cc(F)cc3s2)c1. The van der Waals surface area contributed by atoms with Crippen molar-refractivity contribution in [3.8, 4) is 5.75 Å². The summed E-state index contributed by atoms with van der Waals surface area (Å²) >= 11 is 1.09. The van der Waals surface area contributed by atoms with Gasteiger partial charge in [0.25, 0.3) is 5.91 Å². The van der Waals surface area contributed by atoms with Crippen LogP contribution >= 0.6 is 11.3 Å². The van der Waals surface area contributed by atoms with Gasteiger partial charge in [-0.1, -0.05) is 17.4 Å². The van der Waals surface area contributed by atoms with Gasteiger partial charge in [-0.05, 0) is 24.3 Å². The largest absolute Gasteiger partial charge is 0.497 e. The second-order valence-corrected chi connectivity index (χ2v) is 7.88. The second-order valence-electron chi connectivity index (χ2n) is 6.87. The van der Waals surface area contributed by atoms with Gasteiger partial charge in [-0.2, -0.15) is 0 Å². The second kappa shape index (κ2) is 9.03. The fourth-order valence-corrected chi connectivity index (χ4v) is 4.35. The molecule has 0 saturated carbocycles. The average molecular weight is 433 g/mol. The minimum Gasteiger partial charge on any atom is -0.497 e. The van der Waals surface area contributed by atoms with Crippen molar-refractivity contribution in [2.24, 2.45) is 0 Å². The monoisotopic (exact) mass is 433 g/mol. The van der Waals surface area contributed by atoms with Crippen LogP contribution in [0.4, 0.5) is 13.9 Å². The third-order valence-electron chi connectivity index (χ3n) is 4.94. The van der Waals surface area contributed by atoms with Gasteiger partial charge in [0.05, 0.1) is 25.0 Å². The lowest BCUT2D eigenvalue weighted by Crippen LogP contribution is -2.43. The van der Waals surface area contributed by atoms with E-state index in [0.717, 1.165) is 30.5 Å². The quantitative estimate of drug-likeness (QED) is 0.595. The zero-order valence-corrected chi connectivity index (χ0v) is 17.3. The van der Waals surface area contributed by atoms with Gasteiger partial charge in [0.15, 0.2) is 10.9 Å². The predicted molar refractivity (Wildman–Crippen MR) is 111 cm³/mol. The van der Waals surface area contributed by atoms with Crippen LogP contribution in [0.25, 0.3) is 10.2 Å². The van der Waals surface area contributed by atoms with Crippen LogP contribution in [0.5, 0.6) is 5.75 Å². The Bertz CT molecular complexity index is 1050. The molecular weight excluding hydrogens is 412 g/mol. The van der Waals surface area contributed by atoms with Crippen molar-refractivity contribution in [1.82, 2.24) is 9.88 Å². The van der Waals surface area contributed by atoms with Gasteiger partial charge in [0.2, 0.25) is 0 Å². The maximum atomic E-state index is 14.2. The molecule has 6 nitrogen and oxygen atoms in total. The van der Waals surface area contributed by atoms with Crippen molar-refractivity contribution in [2.75, 3.05) is 51.4 Å². The molecule has 30 heavy (non-hydrogen) atoms. The number of carbonyl (C=O) groups excluding carboxylic acids is 1. The summed E-state index contributed by atoms with van der Waals surface area (Å²) in [7, 11) is 1.53. The summed E-state index contributed by atoms with van der Waals surface area (Å²) in [6, 6.07) is 8.87. The molecule has 0 spiro atoms. The van der Waals surface area contributed by atoms with E-state index in [1.54, 1.807) is 24.3 Å². The molecule has 1 fully saturated rings. The van der Waals surface area contributed by atoms with E-state index in [9.17, 15) is 13.6 Å². The number of fused-ring (bicyclic) bond motifs is 1. The minimum atomic E-state index is -0.741. The van der Waals surface area contributed by atoms with Crippen molar-refractivity contribution < 1.29 is 23.0 Å². The molecule has 1 aliphatic rings. The minimum absolute atomic E-state index is 0.0613. The fraction of sp³-hybridized carbons (Fsp3) is 0.333. The van der Waals surface area contributed by atoms with Crippen molar-refractivity contribution in [2.45, 2.75) is 0 Å². The Balaban J connectivity index is 1.67. The highest BCUT2D eigenvalue weighted by molar-refractivity contribution is 7.22. The summed E-state index contributed by atoms with van der Waals surface area (Å²) in [5.41, 5.74) is 0.494. The standard InChI is InChI=1S/C21H21F2N3O3S/c1-28-16-4-2-3-14(11-16)20(27)26(6-5-25-7-9-29-10-8-25)21-24-19-17(23)12-15(22)13-18(19)30-21/h2-4,11-13H,5-10H2,1H3. The smallest absolute Gasteiger partial charge is 0.260 e. The summed E-state index contributed by atoms with van der Waals surface area (Å²) in [5.74, 6) is -1.13. The molecule has 1 amide bonds. The van der Waals surface area contributed by atoms with Crippen molar-refractivity contribution in [3.05, 3.63) is 53.6 Å². The van der Waals surface area contributed by atoms with E-state index in [4.69, 9.17) is 9.47 Å². The lowest BCUT2D eigenvalue weighted by atomic mass is 10.2. The third-order valence-corrected chi connectivity index (χ3v) is 5.96. The highest BCUT2D eigenvalue weighted by Gasteiger charge is 2.24. The van der Waals surface area contributed by atoms with Gasteiger partial charge in [0, 0.05) is 37.8 Å². The molecule has 1 aromatic heterocycles. The molecular formula is C21H21F2N3O3S. The molecule has 2 heterocycles. The summed E-state index contributed by atoms with van der Waals surface area (Å²) < 4.78 is 38.8. The number of methoxy groups -OCH3 is 1. The Morgan fingerprint density at radius 2 is 2.07 bits per heavy atom. The Kier molecular flexibility index (Phi) is 6.21. The number of hydrogen-bond acceptors (Lipinski definition) is 6. The zero-order valence-electron chi connectivity index (χ0n) is 16.4. The normalized spacial score (nSPS) is 14.8. The van der Waals surface area contributed by atoms with Crippen molar-refractivity contribution in [1.29, 1.82) is 0 Å². The summed E-state index contributed by atoms with van der Waals surface area (Å²) in [6.45, 7) is 3.83. The van der Waals surface area contributed by atoms with Gasteiger partial charge in [0.1, 0.15) is 17.1 Å². The van der Waals surface area contributed by atoms with E-state index in [1.165, 1.54) is 18.1 Å². The first kappa shape index (κ1) is 20.6. The number of amides is 1. The molecule has 2 aromatic carbocycles. The Morgan fingerprint density at radius 1 is 1.27 bits per heavy atom. The Hall–Kier alpha value is -2.62. The van der Waals surface area contributed by atoms with E-state index in [0.29, 0.717) is 47.4 Å². The van der Waals surface area contributed by atoms with Crippen LogP contribution in [0.3, 0.4) is 0 Å². The molecule has 0 aliphatic carbocycles. The predicted octanol–water partition coefficient (Wildman–Crippen LogP) is 3.56. The van der Waals surface area contributed by atoms with Crippen LogP contribution in [0.2, 0.25) is 0 Å². The molecule has 0 radical (unpaired) electrons. The average Bonchev–Trinajstić information content (AvgIpc) is 3.18. The number of hydrogen-bond donors (Lipinski definition) is 0. The number of halogens is 2. The molecule has 0 atom stereocenters. The highest BCUT2D eigenvalue weighted by Crippen LogP contribution is 2.32. The molecule has 0 N–H and O–H groups in total. The third kappa shape index (κ3) is 4.43. The molecule has 9 heteroatoms. The molecule has 0 unspecified atom stereocenters. The van der Waals surface area contributed by atoms with E-state index in [-0.39, 0.29) is 11.4 Å². The van der Waals surface area contributed by atoms with Crippen LogP contribution in [0.1, 0.15) is 10.4 Å². The summed E-state index contributed by atoms with van der Waals surface area (Å²) in [4.78, 5) is 21.4. The van der Waals surface area contributed by atoms with Gasteiger partial charge in [-0.3, -0.25) is 14.6 Å². The Morgan fingerprint density at radius 3 is 2.83 bits per heavy atom. The topological polar surface area (TPSA) is 54.9 Å². The van der Waals surface area contributed by atoms with Gasteiger partial charge in [-0.15, -0.1) is 0 Å². The van der Waals surface area contributed by atoms with Gasteiger partial charge < -0.3 is 9.47 Å². The maximum absolute atomic E-state index is 14.2. The van der Waals surface area contributed by atoms with Crippen LogP contribution < -0.4 is 9.64 Å². The number of thiazole rings is 1. The molecule has 158 valence electrons. The first-order valence-electron chi connectivity index (χ1n) is 9.57. The van der Waals surface area contributed by atoms with E-state index < -0.39 is 11.6 Å². The maximum Gasteiger partial charge on any atom is 0.260 e. The number of ether oxygens (including phenoxy) is 2. The highest BCUT2D eigenvalue weighted by atomic mass is 32.1. The van der Waals surface area contributed by atoms with Crippen LogP contribution in [0, 0.1) is 11.6 Å². The fourth-order valence-electron chi connectivity index (χ4n) is 3.32. The number of carbonyl (C=O) groups is 1. The van der Waals surface area contributed by atoms with Crippen molar-refractivity contribution in [3.63, 3.8) is 0 Å². The lowest BCUT2D eigenvalue weighted by Gasteiger charge is -2.29. The first-order valence-corrected chi connectivity index (χ1v) is 10.4. The molecule has 1 aliphatic heterocycles. The number of aromatic nitrogens is 1. The molecule has 0 bridgehead atoms. The van der Waals surface area contributed by atoms with E-state index in [1.807, 2.05) is 0 Å². The summed E-state index contributed by atoms with van der Waals surface area (Å²) in [6.07, 6.45) is 0. The van der Waals surface area contributed by atoms with Crippen molar-refractivity contribution >= 4 is 32.6 Å². The zero-order chi connectivity index (χ0) is 21.1. The van der Waals surface area contributed by atoms with Gasteiger partial charge >= 0.3 is 0 Å². The number of benzene rings is 2.